The molecule has 3 aromatic carbocycles. The Kier molecular flexibility index (Phi) is 7.15. The van der Waals surface area contributed by atoms with Crippen molar-refractivity contribution in [3.63, 3.8) is 0 Å². The average Bonchev–Trinajstić information content (AvgIpc) is 3.11. The first-order valence-corrected chi connectivity index (χ1v) is 18.2. The van der Waals surface area contributed by atoms with Crippen LogP contribution in [0.2, 0.25) is 0 Å². The molecule has 0 saturated heterocycles. The summed E-state index contributed by atoms with van der Waals surface area (Å²) < 4.78 is 27.6. The highest BCUT2D eigenvalue weighted by atomic mass is 19.1. The van der Waals surface area contributed by atoms with E-state index < -0.39 is 5.41 Å². The second-order valence-electron chi connectivity index (χ2n) is 15.0. The molecule has 2 atom stereocenters. The number of aryl methyl sites for hydroxylation is 1. The molecule has 2 unspecified atom stereocenters. The minimum atomic E-state index is -0.487. The molecule has 3 nitrogen and oxygen atoms in total. The quantitative estimate of drug-likeness (QED) is 0.154. The summed E-state index contributed by atoms with van der Waals surface area (Å²) in [5.74, 6) is 0.926. The van der Waals surface area contributed by atoms with Gasteiger partial charge in [-0.05, 0) is 71.2 Å². The first-order valence-electron chi connectivity index (χ1n) is 18.2. The second kappa shape index (κ2) is 11.0. The molecular weight excluding hydrogens is 591 g/mol. The standard InChI is InChI=1S/C44H49FN2O/c1-8-12-15-28-24-29-21-23-47-41-38(29)34(25-28)42(5,6)40-36(45)20-19-33(39(40)41)44(11-4,43(47,9-2)10-3)35-27-46-22-14-13-16-37(46)32-26-30(48-7)17-18-31(32)35/h13-14,16-26,35H,8-12,15,27H2,1-7H3/q+2. The average molecular weight is 641 g/mol. The van der Waals surface area contributed by atoms with Crippen LogP contribution in [0.1, 0.15) is 107 Å². The minimum absolute atomic E-state index is 0.0917. The lowest BCUT2D eigenvalue weighted by Crippen LogP contribution is -2.72. The van der Waals surface area contributed by atoms with Crippen molar-refractivity contribution in [2.45, 2.75) is 109 Å². The fraction of sp³-hybridized carbons (Fsp3) is 0.409. The highest BCUT2D eigenvalue weighted by Crippen LogP contribution is 2.63. The molecule has 0 radical (unpaired) electrons. The fourth-order valence-electron chi connectivity index (χ4n) is 10.8. The largest absolute Gasteiger partial charge is 0.497 e. The van der Waals surface area contributed by atoms with Crippen molar-refractivity contribution in [3.8, 4) is 28.3 Å². The van der Waals surface area contributed by atoms with Crippen LogP contribution in [0.3, 0.4) is 0 Å². The van der Waals surface area contributed by atoms with Gasteiger partial charge in [0.25, 0.3) is 0 Å². The number of benzene rings is 3. The van der Waals surface area contributed by atoms with Crippen molar-refractivity contribution in [3.05, 3.63) is 113 Å². The zero-order valence-electron chi connectivity index (χ0n) is 29.7. The highest BCUT2D eigenvalue weighted by Gasteiger charge is 2.67. The van der Waals surface area contributed by atoms with Crippen LogP contribution in [0.4, 0.5) is 4.39 Å². The summed E-state index contributed by atoms with van der Waals surface area (Å²) >= 11 is 0. The molecule has 2 aromatic heterocycles. The van der Waals surface area contributed by atoms with Crippen LogP contribution in [0.25, 0.3) is 33.3 Å². The summed E-state index contributed by atoms with van der Waals surface area (Å²) in [6.45, 7) is 14.8. The molecule has 4 heteroatoms. The zero-order chi connectivity index (χ0) is 33.6. The highest BCUT2D eigenvalue weighted by molar-refractivity contribution is 6.02. The molecule has 0 spiro atoms. The lowest BCUT2D eigenvalue weighted by molar-refractivity contribution is -0.773. The molecule has 246 valence electrons. The monoisotopic (exact) mass is 640 g/mol. The number of unbranched alkanes of at least 4 members (excludes halogenated alkanes) is 1. The van der Waals surface area contributed by atoms with E-state index in [4.69, 9.17) is 4.74 Å². The van der Waals surface area contributed by atoms with E-state index in [1.807, 2.05) is 0 Å². The maximum Gasteiger partial charge on any atom is 0.221 e. The SMILES string of the molecule is CCCCc1cc2c3c4[n+](ccc3c1)C(CC)(CC)C(CC)(C1C[n+]3ccccc3-c3cc(OC)ccc31)c1ccc(F)c(c1-4)C2(C)C. The van der Waals surface area contributed by atoms with Gasteiger partial charge in [0, 0.05) is 42.0 Å². The number of nitrogens with zero attached hydrogens (tertiary/aromatic N) is 2. The van der Waals surface area contributed by atoms with Crippen molar-refractivity contribution in [2.75, 3.05) is 7.11 Å². The molecule has 48 heavy (non-hydrogen) atoms. The first kappa shape index (κ1) is 31.2. The molecule has 5 aromatic rings. The Balaban J connectivity index is 1.51. The number of fused-ring (bicyclic) bond motifs is 3. The van der Waals surface area contributed by atoms with Crippen LogP contribution in [-0.4, -0.2) is 7.11 Å². The van der Waals surface area contributed by atoms with E-state index in [0.29, 0.717) is 0 Å². The van der Waals surface area contributed by atoms with Crippen molar-refractivity contribution < 1.29 is 18.3 Å². The van der Waals surface area contributed by atoms with Gasteiger partial charge < -0.3 is 4.74 Å². The third-order valence-corrected chi connectivity index (χ3v) is 12.9. The van der Waals surface area contributed by atoms with Crippen molar-refractivity contribution >= 4 is 10.8 Å². The van der Waals surface area contributed by atoms with Crippen LogP contribution in [0.15, 0.2) is 79.1 Å². The van der Waals surface area contributed by atoms with Crippen molar-refractivity contribution in [1.29, 1.82) is 0 Å². The number of ether oxygens (including phenoxy) is 1. The van der Waals surface area contributed by atoms with E-state index in [1.54, 1.807) is 13.2 Å². The molecule has 0 N–H and O–H groups in total. The van der Waals surface area contributed by atoms with Crippen LogP contribution in [-0.2, 0) is 29.3 Å². The Morgan fingerprint density at radius 1 is 0.875 bits per heavy atom. The summed E-state index contributed by atoms with van der Waals surface area (Å²) in [4.78, 5) is 0. The van der Waals surface area contributed by atoms with Gasteiger partial charge in [-0.2, -0.15) is 9.13 Å². The summed E-state index contributed by atoms with van der Waals surface area (Å²) in [6.07, 6.45) is 10.8. The van der Waals surface area contributed by atoms with Gasteiger partial charge in [0.05, 0.1) is 35.0 Å². The maximum atomic E-state index is 16.7. The van der Waals surface area contributed by atoms with Gasteiger partial charge in [0.1, 0.15) is 11.6 Å². The number of methoxy groups -OCH3 is 1. The fourth-order valence-corrected chi connectivity index (χ4v) is 10.8. The number of halogens is 1. The van der Waals surface area contributed by atoms with Crippen LogP contribution >= 0.6 is 0 Å². The van der Waals surface area contributed by atoms with Crippen LogP contribution < -0.4 is 13.9 Å². The Labute approximate surface area is 285 Å². The number of hydrogen-bond acceptors (Lipinski definition) is 1. The van der Waals surface area contributed by atoms with Crippen LogP contribution in [0, 0.1) is 5.82 Å². The molecule has 8 rings (SSSR count). The molecule has 3 aliphatic rings. The Hall–Kier alpha value is -4.05. The lowest BCUT2D eigenvalue weighted by atomic mass is 9.49. The van der Waals surface area contributed by atoms with E-state index in [2.05, 4.69) is 124 Å². The van der Waals surface area contributed by atoms with Gasteiger partial charge in [-0.3, -0.25) is 0 Å². The number of aromatic nitrogens is 2. The molecule has 2 aliphatic heterocycles. The van der Waals surface area contributed by atoms with E-state index in [0.717, 1.165) is 61.9 Å². The molecular formula is C44H49FN2O+2. The van der Waals surface area contributed by atoms with Gasteiger partial charge in [-0.1, -0.05) is 72.2 Å². The summed E-state index contributed by atoms with van der Waals surface area (Å²) in [5.41, 5.74) is 9.91. The smallest absolute Gasteiger partial charge is 0.221 e. The predicted octanol–water partition coefficient (Wildman–Crippen LogP) is 9.85. The number of hydrogen-bond donors (Lipinski definition) is 0. The van der Waals surface area contributed by atoms with E-state index in [9.17, 15) is 0 Å². The number of pyridine rings is 2. The Bertz CT molecular complexity index is 2110. The van der Waals surface area contributed by atoms with Crippen LogP contribution in [0.5, 0.6) is 5.75 Å². The third kappa shape index (κ3) is 3.81. The Morgan fingerprint density at radius 2 is 1.69 bits per heavy atom. The van der Waals surface area contributed by atoms with E-state index in [1.165, 1.54) is 50.0 Å². The summed E-state index contributed by atoms with van der Waals surface area (Å²) in [5, 5.41) is 2.59. The predicted molar refractivity (Wildman–Crippen MR) is 192 cm³/mol. The van der Waals surface area contributed by atoms with Crippen molar-refractivity contribution in [2.24, 2.45) is 0 Å². The normalized spacial score (nSPS) is 20.7. The van der Waals surface area contributed by atoms with Gasteiger partial charge in [0.15, 0.2) is 24.5 Å². The second-order valence-corrected chi connectivity index (χ2v) is 15.0. The number of rotatable bonds is 8. The first-order chi connectivity index (χ1) is 23.2. The summed E-state index contributed by atoms with van der Waals surface area (Å²) in [7, 11) is 1.75. The van der Waals surface area contributed by atoms with Gasteiger partial charge >= 0.3 is 0 Å². The van der Waals surface area contributed by atoms with E-state index in [-0.39, 0.29) is 22.7 Å². The third-order valence-electron chi connectivity index (χ3n) is 12.9. The molecule has 1 aliphatic carbocycles. The minimum Gasteiger partial charge on any atom is -0.497 e. The molecule has 0 saturated carbocycles. The van der Waals surface area contributed by atoms with Gasteiger partial charge in [-0.15, -0.1) is 0 Å². The van der Waals surface area contributed by atoms with Gasteiger partial charge in [0.2, 0.25) is 11.4 Å². The zero-order valence-corrected chi connectivity index (χ0v) is 29.7. The van der Waals surface area contributed by atoms with Crippen molar-refractivity contribution in [1.82, 2.24) is 0 Å². The Morgan fingerprint density at radius 3 is 2.42 bits per heavy atom. The molecule has 4 heterocycles. The maximum absolute atomic E-state index is 16.7. The summed E-state index contributed by atoms with van der Waals surface area (Å²) in [6, 6.07) is 24.4. The molecule has 0 bridgehead atoms. The molecule has 0 fully saturated rings. The topological polar surface area (TPSA) is 17.0 Å². The van der Waals surface area contributed by atoms with Gasteiger partial charge in [-0.25, -0.2) is 4.39 Å². The van der Waals surface area contributed by atoms with E-state index >= 15 is 4.39 Å². The lowest BCUT2D eigenvalue weighted by Gasteiger charge is -2.55. The molecule has 0 amide bonds.